The molecular formula is C13H17ClFNO. The van der Waals surface area contributed by atoms with Crippen molar-refractivity contribution in [1.82, 2.24) is 5.32 Å². The van der Waals surface area contributed by atoms with Gasteiger partial charge in [0.05, 0.1) is 18.2 Å². The van der Waals surface area contributed by atoms with E-state index < -0.39 is 0 Å². The molecule has 0 aliphatic carbocycles. The van der Waals surface area contributed by atoms with Crippen LogP contribution in [0.2, 0.25) is 5.02 Å². The molecule has 0 saturated heterocycles. The summed E-state index contributed by atoms with van der Waals surface area (Å²) < 4.78 is 18.4. The summed E-state index contributed by atoms with van der Waals surface area (Å²) in [6.45, 7) is 6.17. The molecule has 1 rings (SSSR count). The van der Waals surface area contributed by atoms with Gasteiger partial charge in [-0.1, -0.05) is 29.8 Å². The third-order valence-corrected chi connectivity index (χ3v) is 2.66. The molecule has 0 saturated carbocycles. The molecule has 0 spiro atoms. The normalized spacial score (nSPS) is 10.5. The molecule has 0 aromatic heterocycles. The molecule has 0 unspecified atom stereocenters. The summed E-state index contributed by atoms with van der Waals surface area (Å²) in [5.74, 6) is -0.381. The third-order valence-electron chi connectivity index (χ3n) is 2.24. The average Bonchev–Trinajstić information content (AvgIpc) is 2.33. The van der Waals surface area contributed by atoms with E-state index in [-0.39, 0.29) is 10.8 Å². The van der Waals surface area contributed by atoms with Gasteiger partial charge >= 0.3 is 0 Å². The van der Waals surface area contributed by atoms with Gasteiger partial charge in [-0.05, 0) is 18.1 Å². The molecule has 1 aromatic rings. The molecule has 4 heteroatoms. The second-order valence-electron chi connectivity index (χ2n) is 3.58. The molecule has 0 heterocycles. The number of hydrogen-bond acceptors (Lipinski definition) is 2. The van der Waals surface area contributed by atoms with E-state index >= 15 is 0 Å². The second kappa shape index (κ2) is 8.23. The van der Waals surface area contributed by atoms with Crippen LogP contribution in [0.4, 0.5) is 4.39 Å². The van der Waals surface area contributed by atoms with Gasteiger partial charge < -0.3 is 10.1 Å². The number of halogens is 2. The van der Waals surface area contributed by atoms with Crippen LogP contribution in [-0.4, -0.2) is 19.8 Å². The smallest absolute Gasteiger partial charge is 0.142 e. The van der Waals surface area contributed by atoms with Crippen molar-refractivity contribution in [3.05, 3.63) is 47.3 Å². The molecule has 1 N–H and O–H groups in total. The van der Waals surface area contributed by atoms with E-state index in [1.165, 1.54) is 6.07 Å². The van der Waals surface area contributed by atoms with Crippen LogP contribution < -0.4 is 5.32 Å². The van der Waals surface area contributed by atoms with E-state index in [9.17, 15) is 4.39 Å². The van der Waals surface area contributed by atoms with Gasteiger partial charge in [-0.25, -0.2) is 4.39 Å². The van der Waals surface area contributed by atoms with Crippen LogP contribution in [-0.2, 0) is 11.3 Å². The minimum atomic E-state index is -0.381. The Bertz CT molecular complexity index is 357. The first-order valence-electron chi connectivity index (χ1n) is 5.58. The summed E-state index contributed by atoms with van der Waals surface area (Å²) in [6, 6.07) is 4.81. The maximum Gasteiger partial charge on any atom is 0.142 e. The van der Waals surface area contributed by atoms with Crippen molar-refractivity contribution in [3.8, 4) is 0 Å². The van der Waals surface area contributed by atoms with Crippen LogP contribution in [0.5, 0.6) is 0 Å². The lowest BCUT2D eigenvalue weighted by atomic mass is 10.2. The summed E-state index contributed by atoms with van der Waals surface area (Å²) in [5, 5.41) is 3.33. The van der Waals surface area contributed by atoms with Crippen molar-refractivity contribution >= 4 is 11.6 Å². The molecule has 0 fully saturated rings. The van der Waals surface area contributed by atoms with Crippen LogP contribution in [0.25, 0.3) is 0 Å². The maximum atomic E-state index is 13.1. The standard InChI is InChI=1S/C13H17ClFNO/c1-2-3-8-17-9-7-16-10-11-5-4-6-12(15)13(11)14/h2,4-6,16H,1,3,7-10H2. The maximum absolute atomic E-state index is 13.1. The molecular weight excluding hydrogens is 241 g/mol. The zero-order valence-corrected chi connectivity index (χ0v) is 10.5. The Labute approximate surface area is 106 Å². The van der Waals surface area contributed by atoms with Gasteiger partial charge in [0.2, 0.25) is 0 Å². The third kappa shape index (κ3) is 5.31. The van der Waals surface area contributed by atoms with Gasteiger partial charge in [0, 0.05) is 13.1 Å². The van der Waals surface area contributed by atoms with Crippen molar-refractivity contribution in [2.75, 3.05) is 19.8 Å². The highest BCUT2D eigenvalue weighted by molar-refractivity contribution is 6.31. The molecule has 0 amide bonds. The van der Waals surface area contributed by atoms with Crippen molar-refractivity contribution in [1.29, 1.82) is 0 Å². The summed E-state index contributed by atoms with van der Waals surface area (Å²) in [7, 11) is 0. The van der Waals surface area contributed by atoms with Crippen molar-refractivity contribution in [2.24, 2.45) is 0 Å². The summed E-state index contributed by atoms with van der Waals surface area (Å²) in [5.41, 5.74) is 0.762. The van der Waals surface area contributed by atoms with E-state index in [1.54, 1.807) is 12.1 Å². The Hall–Kier alpha value is -0.900. The number of nitrogens with one attached hydrogen (secondary N) is 1. The topological polar surface area (TPSA) is 21.3 Å². The Morgan fingerprint density at radius 2 is 2.24 bits per heavy atom. The zero-order chi connectivity index (χ0) is 12.5. The van der Waals surface area contributed by atoms with Gasteiger partial charge in [-0.15, -0.1) is 6.58 Å². The van der Waals surface area contributed by atoms with Gasteiger partial charge in [-0.3, -0.25) is 0 Å². The molecule has 94 valence electrons. The van der Waals surface area contributed by atoms with Crippen molar-refractivity contribution in [2.45, 2.75) is 13.0 Å². The fraction of sp³-hybridized carbons (Fsp3) is 0.385. The van der Waals surface area contributed by atoms with Crippen LogP contribution in [0, 0.1) is 5.82 Å². The fourth-order valence-corrected chi connectivity index (χ4v) is 1.51. The lowest BCUT2D eigenvalue weighted by Gasteiger charge is -2.07. The van der Waals surface area contributed by atoms with E-state index in [4.69, 9.17) is 16.3 Å². The van der Waals surface area contributed by atoms with E-state index in [0.717, 1.165) is 12.0 Å². The van der Waals surface area contributed by atoms with Crippen molar-refractivity contribution < 1.29 is 9.13 Å². The zero-order valence-electron chi connectivity index (χ0n) is 9.72. The molecule has 17 heavy (non-hydrogen) atoms. The first kappa shape index (κ1) is 14.2. The van der Waals surface area contributed by atoms with E-state index in [1.807, 2.05) is 6.08 Å². The highest BCUT2D eigenvalue weighted by atomic mass is 35.5. The highest BCUT2D eigenvalue weighted by Gasteiger charge is 2.04. The number of hydrogen-bond donors (Lipinski definition) is 1. The number of ether oxygens (including phenoxy) is 1. The molecule has 0 atom stereocenters. The first-order valence-corrected chi connectivity index (χ1v) is 5.95. The molecule has 0 bridgehead atoms. The van der Waals surface area contributed by atoms with E-state index in [2.05, 4.69) is 11.9 Å². The van der Waals surface area contributed by atoms with Crippen LogP contribution >= 0.6 is 11.6 Å². The van der Waals surface area contributed by atoms with Gasteiger partial charge in [0.1, 0.15) is 5.82 Å². The van der Waals surface area contributed by atoms with Gasteiger partial charge in [-0.2, -0.15) is 0 Å². The van der Waals surface area contributed by atoms with Gasteiger partial charge in [0.15, 0.2) is 0 Å². The van der Waals surface area contributed by atoms with Crippen LogP contribution in [0.15, 0.2) is 30.9 Å². The minimum absolute atomic E-state index is 0.188. The minimum Gasteiger partial charge on any atom is -0.380 e. The SMILES string of the molecule is C=CCCOCCNCc1cccc(F)c1Cl. The largest absolute Gasteiger partial charge is 0.380 e. The molecule has 2 nitrogen and oxygen atoms in total. The molecule has 0 aliphatic rings. The predicted octanol–water partition coefficient (Wildman–Crippen LogP) is 3.16. The van der Waals surface area contributed by atoms with E-state index in [0.29, 0.717) is 26.3 Å². The average molecular weight is 258 g/mol. The summed E-state index contributed by atoms with van der Waals surface area (Å²) in [4.78, 5) is 0. The molecule has 1 aromatic carbocycles. The lowest BCUT2D eigenvalue weighted by Crippen LogP contribution is -2.19. The first-order chi connectivity index (χ1) is 8.25. The fourth-order valence-electron chi connectivity index (χ4n) is 1.32. The van der Waals surface area contributed by atoms with Crippen molar-refractivity contribution in [3.63, 3.8) is 0 Å². The Balaban J connectivity index is 2.18. The Kier molecular flexibility index (Phi) is 6.86. The monoisotopic (exact) mass is 257 g/mol. The number of rotatable bonds is 8. The lowest BCUT2D eigenvalue weighted by molar-refractivity contribution is 0.140. The van der Waals surface area contributed by atoms with Gasteiger partial charge in [0.25, 0.3) is 0 Å². The molecule has 0 radical (unpaired) electrons. The second-order valence-corrected chi connectivity index (χ2v) is 3.96. The highest BCUT2D eigenvalue weighted by Crippen LogP contribution is 2.19. The van der Waals surface area contributed by atoms with Crippen LogP contribution in [0.1, 0.15) is 12.0 Å². The molecule has 0 aliphatic heterocycles. The summed E-state index contributed by atoms with van der Waals surface area (Å²) in [6.07, 6.45) is 2.68. The Morgan fingerprint density at radius 3 is 3.00 bits per heavy atom. The van der Waals surface area contributed by atoms with Crippen LogP contribution in [0.3, 0.4) is 0 Å². The predicted molar refractivity (Wildman–Crippen MR) is 68.7 cm³/mol. The number of benzene rings is 1. The quantitative estimate of drug-likeness (QED) is 0.571. The Morgan fingerprint density at radius 1 is 1.41 bits per heavy atom. The summed E-state index contributed by atoms with van der Waals surface area (Å²) >= 11 is 5.82.